The summed E-state index contributed by atoms with van der Waals surface area (Å²) in [6.07, 6.45) is 1.54. The Hall–Kier alpha value is -1.69. The number of benzene rings is 1. The molecule has 5 nitrogen and oxygen atoms in total. The molecule has 2 heterocycles. The Morgan fingerprint density at radius 1 is 1.35 bits per heavy atom. The average Bonchev–Trinajstić information content (AvgIpc) is 2.81. The second kappa shape index (κ2) is 3.16. The van der Waals surface area contributed by atoms with Crippen LogP contribution >= 0.6 is 0 Å². The van der Waals surface area contributed by atoms with Crippen molar-refractivity contribution in [3.63, 3.8) is 0 Å². The van der Waals surface area contributed by atoms with E-state index in [-0.39, 0.29) is 11.8 Å². The van der Waals surface area contributed by atoms with E-state index in [0.29, 0.717) is 4.90 Å². The van der Waals surface area contributed by atoms with Gasteiger partial charge >= 0.3 is 0 Å². The lowest BCUT2D eigenvalue weighted by Crippen LogP contribution is -2.37. The molecule has 0 spiro atoms. The first-order valence-electron chi connectivity index (χ1n) is 5.20. The van der Waals surface area contributed by atoms with E-state index in [1.54, 1.807) is 24.3 Å². The van der Waals surface area contributed by atoms with Gasteiger partial charge in [-0.2, -0.15) is 5.10 Å². The van der Waals surface area contributed by atoms with Crippen molar-refractivity contribution >= 4 is 22.0 Å². The van der Waals surface area contributed by atoms with Gasteiger partial charge in [-0.3, -0.25) is 4.79 Å². The highest BCUT2D eigenvalue weighted by Gasteiger charge is 2.51. The van der Waals surface area contributed by atoms with Gasteiger partial charge in [0, 0.05) is 13.1 Å². The summed E-state index contributed by atoms with van der Waals surface area (Å²) < 4.78 is 24.6. The lowest BCUT2D eigenvalue weighted by molar-refractivity contribution is -0.129. The Bertz CT molecular complexity index is 636. The van der Waals surface area contributed by atoms with Gasteiger partial charge in [0.2, 0.25) is 15.7 Å². The highest BCUT2D eigenvalue weighted by Crippen LogP contribution is 2.43. The molecule has 0 saturated carbocycles. The van der Waals surface area contributed by atoms with Crippen LogP contribution in [-0.4, -0.2) is 30.9 Å². The molecular formula is C11H10N2O3S. The van der Waals surface area contributed by atoms with Crippen LogP contribution in [0.5, 0.6) is 0 Å². The number of hydrogen-bond donors (Lipinski definition) is 0. The molecule has 0 aromatic heterocycles. The summed E-state index contributed by atoms with van der Waals surface area (Å²) in [5.74, 6) is -0.690. The van der Waals surface area contributed by atoms with Crippen molar-refractivity contribution in [2.45, 2.75) is 23.1 Å². The van der Waals surface area contributed by atoms with E-state index in [2.05, 4.69) is 5.10 Å². The largest absolute Gasteiger partial charge is 0.273 e. The number of amides is 1. The molecule has 2 aliphatic heterocycles. The summed E-state index contributed by atoms with van der Waals surface area (Å²) >= 11 is 0. The van der Waals surface area contributed by atoms with E-state index >= 15 is 0 Å². The number of carbonyl (C=O) groups excluding carboxylic acids is 1. The predicted octanol–water partition coefficient (Wildman–Crippen LogP) is 0.732. The minimum atomic E-state index is -3.50. The van der Waals surface area contributed by atoms with Crippen molar-refractivity contribution in [2.75, 3.05) is 0 Å². The van der Waals surface area contributed by atoms with Crippen molar-refractivity contribution in [3.05, 3.63) is 29.8 Å². The van der Waals surface area contributed by atoms with Gasteiger partial charge < -0.3 is 0 Å². The first kappa shape index (κ1) is 10.5. The zero-order valence-corrected chi connectivity index (χ0v) is 9.89. The second-order valence-electron chi connectivity index (χ2n) is 4.13. The molecule has 0 aliphatic carbocycles. The summed E-state index contributed by atoms with van der Waals surface area (Å²) in [6.45, 7) is 1.32. The van der Waals surface area contributed by atoms with Gasteiger partial charge in [0.15, 0.2) is 5.37 Å². The summed E-state index contributed by atoms with van der Waals surface area (Å²) in [6, 6.07) is 6.83. The monoisotopic (exact) mass is 250 g/mol. The van der Waals surface area contributed by atoms with Gasteiger partial charge in [0.1, 0.15) is 0 Å². The quantitative estimate of drug-likeness (QED) is 0.681. The molecular weight excluding hydrogens is 240 g/mol. The third-order valence-electron chi connectivity index (χ3n) is 3.13. The maximum atomic E-state index is 12.3. The molecule has 0 N–H and O–H groups in total. The fraction of sp³-hybridized carbons (Fsp3) is 0.273. The maximum absolute atomic E-state index is 12.3. The van der Waals surface area contributed by atoms with Crippen molar-refractivity contribution in [2.24, 2.45) is 5.10 Å². The predicted molar refractivity (Wildman–Crippen MR) is 61.2 cm³/mol. The highest BCUT2D eigenvalue weighted by atomic mass is 32.2. The standard InChI is InChI=1S/C11H10N2O3S/c1-7(14)13-11-9(6-12-13)8-4-2-3-5-10(8)17(11,15)16/h2-6,9,11H,1H3. The number of rotatable bonds is 0. The molecule has 88 valence electrons. The molecule has 0 fully saturated rings. The van der Waals surface area contributed by atoms with Crippen LogP contribution in [0.2, 0.25) is 0 Å². The molecule has 1 aromatic rings. The Morgan fingerprint density at radius 3 is 2.76 bits per heavy atom. The molecule has 3 rings (SSSR count). The number of hydrogen-bond acceptors (Lipinski definition) is 4. The molecule has 6 heteroatoms. The minimum Gasteiger partial charge on any atom is -0.273 e. The minimum absolute atomic E-state index is 0.312. The van der Waals surface area contributed by atoms with Gasteiger partial charge in [-0.25, -0.2) is 13.4 Å². The van der Waals surface area contributed by atoms with Gasteiger partial charge in [-0.1, -0.05) is 18.2 Å². The van der Waals surface area contributed by atoms with Crippen LogP contribution in [0.1, 0.15) is 18.4 Å². The van der Waals surface area contributed by atoms with E-state index in [0.717, 1.165) is 10.6 Å². The lowest BCUT2D eigenvalue weighted by Gasteiger charge is -2.18. The van der Waals surface area contributed by atoms with E-state index < -0.39 is 15.2 Å². The molecule has 1 amide bonds. The SMILES string of the molecule is CC(=O)N1N=CC2c3ccccc3S(=O)(=O)C21. The maximum Gasteiger partial charge on any atom is 0.240 e. The van der Waals surface area contributed by atoms with Crippen LogP contribution in [-0.2, 0) is 14.6 Å². The van der Waals surface area contributed by atoms with E-state index in [1.165, 1.54) is 13.1 Å². The van der Waals surface area contributed by atoms with Gasteiger partial charge in [0.25, 0.3) is 0 Å². The fourth-order valence-electron chi connectivity index (χ4n) is 2.40. The second-order valence-corrected chi connectivity index (χ2v) is 6.14. The molecule has 0 radical (unpaired) electrons. The first-order chi connectivity index (χ1) is 8.03. The molecule has 2 aliphatic rings. The Morgan fingerprint density at radius 2 is 2.06 bits per heavy atom. The van der Waals surface area contributed by atoms with Crippen molar-refractivity contribution in [3.8, 4) is 0 Å². The topological polar surface area (TPSA) is 66.8 Å². The summed E-state index contributed by atoms with van der Waals surface area (Å²) in [4.78, 5) is 11.7. The van der Waals surface area contributed by atoms with E-state index in [4.69, 9.17) is 0 Å². The fourth-order valence-corrected chi connectivity index (χ4v) is 4.53. The van der Waals surface area contributed by atoms with Gasteiger partial charge in [-0.05, 0) is 11.6 Å². The molecule has 2 unspecified atom stereocenters. The smallest absolute Gasteiger partial charge is 0.240 e. The Kier molecular flexibility index (Phi) is 1.95. The van der Waals surface area contributed by atoms with Crippen molar-refractivity contribution in [1.29, 1.82) is 0 Å². The molecule has 2 atom stereocenters. The van der Waals surface area contributed by atoms with Crippen molar-refractivity contribution < 1.29 is 13.2 Å². The zero-order valence-electron chi connectivity index (χ0n) is 9.07. The normalized spacial score (nSPS) is 27.9. The van der Waals surface area contributed by atoms with Crippen LogP contribution < -0.4 is 0 Å². The summed E-state index contributed by atoms with van der Waals surface area (Å²) in [5.41, 5.74) is 0.727. The number of hydrazone groups is 1. The van der Waals surface area contributed by atoms with Crippen LogP contribution in [0.4, 0.5) is 0 Å². The average molecular weight is 250 g/mol. The Balaban J connectivity index is 2.23. The van der Waals surface area contributed by atoms with Gasteiger partial charge in [0.05, 0.1) is 10.8 Å². The lowest BCUT2D eigenvalue weighted by atomic mass is 10.0. The van der Waals surface area contributed by atoms with Crippen molar-refractivity contribution in [1.82, 2.24) is 5.01 Å². The van der Waals surface area contributed by atoms with Crippen LogP contribution in [0.15, 0.2) is 34.3 Å². The third-order valence-corrected chi connectivity index (χ3v) is 5.24. The first-order valence-corrected chi connectivity index (χ1v) is 6.75. The molecule has 0 saturated heterocycles. The highest BCUT2D eigenvalue weighted by molar-refractivity contribution is 7.92. The number of fused-ring (bicyclic) bond motifs is 3. The third kappa shape index (κ3) is 1.21. The van der Waals surface area contributed by atoms with E-state index in [1.807, 2.05) is 0 Å². The Labute approximate surface area is 98.7 Å². The zero-order chi connectivity index (χ0) is 12.2. The van der Waals surface area contributed by atoms with Gasteiger partial charge in [-0.15, -0.1) is 0 Å². The molecule has 1 aromatic carbocycles. The van der Waals surface area contributed by atoms with Crippen LogP contribution in [0.3, 0.4) is 0 Å². The molecule has 0 bridgehead atoms. The number of nitrogens with zero attached hydrogens (tertiary/aromatic N) is 2. The molecule has 17 heavy (non-hydrogen) atoms. The summed E-state index contributed by atoms with van der Waals surface area (Å²) in [7, 11) is -3.50. The number of carbonyl (C=O) groups is 1. The van der Waals surface area contributed by atoms with Crippen LogP contribution in [0.25, 0.3) is 0 Å². The summed E-state index contributed by atoms with van der Waals surface area (Å²) in [5, 5.41) is 4.06. The number of sulfone groups is 1. The van der Waals surface area contributed by atoms with E-state index in [9.17, 15) is 13.2 Å². The van der Waals surface area contributed by atoms with Crippen LogP contribution in [0, 0.1) is 0 Å².